The molecular weight excluding hydrogens is 294 g/mol. The van der Waals surface area contributed by atoms with Crippen molar-refractivity contribution in [1.82, 2.24) is 24.4 Å². The van der Waals surface area contributed by atoms with Crippen LogP contribution in [0.1, 0.15) is 5.56 Å². The predicted octanol–water partition coefficient (Wildman–Crippen LogP) is 3.21. The standard InChI is InChI=1S/C16H13N5S/c1-2-10-20-15(4-1)18-19-16(20)22-12-13-5-7-14(8-6-13)21-11-3-9-17-21/h1-11H,12H2. The molecule has 0 aliphatic carbocycles. The van der Waals surface area contributed by atoms with Crippen molar-refractivity contribution in [1.29, 1.82) is 0 Å². The molecule has 0 saturated heterocycles. The van der Waals surface area contributed by atoms with Crippen molar-refractivity contribution in [2.75, 3.05) is 0 Å². The van der Waals surface area contributed by atoms with Crippen molar-refractivity contribution >= 4 is 17.4 Å². The molecule has 0 fully saturated rings. The van der Waals surface area contributed by atoms with Crippen LogP contribution < -0.4 is 0 Å². The second kappa shape index (κ2) is 5.65. The molecule has 108 valence electrons. The summed E-state index contributed by atoms with van der Waals surface area (Å²) in [4.78, 5) is 0. The van der Waals surface area contributed by atoms with Crippen molar-refractivity contribution < 1.29 is 0 Å². The number of aromatic nitrogens is 5. The smallest absolute Gasteiger partial charge is 0.195 e. The van der Waals surface area contributed by atoms with Gasteiger partial charge in [-0.05, 0) is 35.9 Å². The van der Waals surface area contributed by atoms with Gasteiger partial charge >= 0.3 is 0 Å². The van der Waals surface area contributed by atoms with E-state index < -0.39 is 0 Å². The summed E-state index contributed by atoms with van der Waals surface area (Å²) in [6.07, 6.45) is 5.70. The number of thioether (sulfide) groups is 1. The number of hydrogen-bond acceptors (Lipinski definition) is 4. The highest BCUT2D eigenvalue weighted by molar-refractivity contribution is 7.98. The Kier molecular flexibility index (Phi) is 3.36. The van der Waals surface area contributed by atoms with Crippen molar-refractivity contribution in [2.24, 2.45) is 0 Å². The third-order valence-electron chi connectivity index (χ3n) is 3.36. The third-order valence-corrected chi connectivity index (χ3v) is 4.37. The molecule has 0 amide bonds. The van der Waals surface area contributed by atoms with Crippen molar-refractivity contribution in [3.05, 3.63) is 72.7 Å². The Hall–Kier alpha value is -2.60. The van der Waals surface area contributed by atoms with Gasteiger partial charge in [-0.25, -0.2) is 4.68 Å². The second-order valence-electron chi connectivity index (χ2n) is 4.82. The van der Waals surface area contributed by atoms with Crippen molar-refractivity contribution in [3.63, 3.8) is 0 Å². The summed E-state index contributed by atoms with van der Waals surface area (Å²) in [6.45, 7) is 0. The highest BCUT2D eigenvalue weighted by Crippen LogP contribution is 2.22. The lowest BCUT2D eigenvalue weighted by atomic mass is 10.2. The van der Waals surface area contributed by atoms with Gasteiger partial charge in [0.25, 0.3) is 0 Å². The van der Waals surface area contributed by atoms with Gasteiger partial charge in [-0.2, -0.15) is 5.10 Å². The Morgan fingerprint density at radius 2 is 1.82 bits per heavy atom. The number of rotatable bonds is 4. The Labute approximate surface area is 131 Å². The lowest BCUT2D eigenvalue weighted by molar-refractivity contribution is 0.880. The van der Waals surface area contributed by atoms with Crippen LogP contribution in [0, 0.1) is 0 Å². The van der Waals surface area contributed by atoms with Gasteiger partial charge in [0.2, 0.25) is 0 Å². The van der Waals surface area contributed by atoms with E-state index >= 15 is 0 Å². The Morgan fingerprint density at radius 1 is 0.909 bits per heavy atom. The predicted molar refractivity (Wildman–Crippen MR) is 86.1 cm³/mol. The number of pyridine rings is 1. The maximum absolute atomic E-state index is 4.23. The number of hydrogen-bond donors (Lipinski definition) is 0. The van der Waals surface area contributed by atoms with Crippen LogP contribution in [0.5, 0.6) is 0 Å². The summed E-state index contributed by atoms with van der Waals surface area (Å²) in [5.41, 5.74) is 3.18. The first-order valence-electron chi connectivity index (χ1n) is 6.92. The summed E-state index contributed by atoms with van der Waals surface area (Å²) < 4.78 is 3.85. The minimum Gasteiger partial charge on any atom is -0.277 e. The van der Waals surface area contributed by atoms with E-state index in [1.807, 2.05) is 45.7 Å². The molecule has 0 N–H and O–H groups in total. The highest BCUT2D eigenvalue weighted by Gasteiger charge is 2.05. The molecule has 1 aromatic carbocycles. The lowest BCUT2D eigenvalue weighted by Gasteiger charge is -2.04. The summed E-state index contributed by atoms with van der Waals surface area (Å²) >= 11 is 1.68. The van der Waals surface area contributed by atoms with Gasteiger partial charge in [-0.3, -0.25) is 4.40 Å². The Bertz CT molecular complexity index is 880. The summed E-state index contributed by atoms with van der Waals surface area (Å²) in [5.74, 6) is 0.856. The molecule has 4 rings (SSSR count). The van der Waals surface area contributed by atoms with Crippen LogP contribution in [0.3, 0.4) is 0 Å². The maximum atomic E-state index is 4.23. The zero-order chi connectivity index (χ0) is 14.8. The van der Waals surface area contributed by atoms with E-state index in [4.69, 9.17) is 0 Å². The van der Waals surface area contributed by atoms with E-state index in [-0.39, 0.29) is 0 Å². The van der Waals surface area contributed by atoms with E-state index in [1.54, 1.807) is 18.0 Å². The first kappa shape index (κ1) is 13.1. The number of nitrogens with zero attached hydrogens (tertiary/aromatic N) is 5. The Balaban J connectivity index is 1.50. The SMILES string of the molecule is c1ccn2c(SCc3ccc(-n4cccn4)cc3)nnc2c1. The average molecular weight is 307 g/mol. The van der Waals surface area contributed by atoms with Crippen LogP contribution in [-0.4, -0.2) is 24.4 Å². The number of benzene rings is 1. The fourth-order valence-electron chi connectivity index (χ4n) is 2.23. The van der Waals surface area contributed by atoms with Gasteiger partial charge in [0.15, 0.2) is 10.8 Å². The number of fused-ring (bicyclic) bond motifs is 1. The van der Waals surface area contributed by atoms with Gasteiger partial charge in [0.1, 0.15) is 0 Å². The molecular formula is C16H13N5S. The topological polar surface area (TPSA) is 48.0 Å². The molecule has 0 unspecified atom stereocenters. The molecule has 0 aliphatic heterocycles. The van der Waals surface area contributed by atoms with Gasteiger partial charge in [0, 0.05) is 24.3 Å². The normalized spacial score (nSPS) is 11.1. The monoisotopic (exact) mass is 307 g/mol. The molecule has 0 radical (unpaired) electrons. The van der Waals surface area contributed by atoms with E-state index in [1.165, 1.54) is 5.56 Å². The molecule has 0 atom stereocenters. The molecule has 3 heterocycles. The summed E-state index contributed by atoms with van der Waals surface area (Å²) in [6, 6.07) is 16.2. The molecule has 4 aromatic rings. The van der Waals surface area contributed by atoms with E-state index in [0.717, 1.165) is 22.2 Å². The second-order valence-corrected chi connectivity index (χ2v) is 5.76. The first-order valence-corrected chi connectivity index (χ1v) is 7.90. The van der Waals surface area contributed by atoms with Gasteiger partial charge in [0.05, 0.1) is 5.69 Å². The van der Waals surface area contributed by atoms with Gasteiger partial charge in [-0.15, -0.1) is 10.2 Å². The lowest BCUT2D eigenvalue weighted by Crippen LogP contribution is -1.94. The zero-order valence-corrected chi connectivity index (χ0v) is 12.5. The molecule has 0 bridgehead atoms. The van der Waals surface area contributed by atoms with E-state index in [0.29, 0.717) is 0 Å². The Morgan fingerprint density at radius 3 is 2.64 bits per heavy atom. The molecule has 3 aromatic heterocycles. The maximum Gasteiger partial charge on any atom is 0.195 e. The zero-order valence-electron chi connectivity index (χ0n) is 11.7. The average Bonchev–Trinajstić information content (AvgIpc) is 3.23. The molecule has 6 heteroatoms. The molecule has 22 heavy (non-hydrogen) atoms. The fraction of sp³-hybridized carbons (Fsp3) is 0.0625. The largest absolute Gasteiger partial charge is 0.277 e. The quantitative estimate of drug-likeness (QED) is 0.543. The van der Waals surface area contributed by atoms with Crippen LogP contribution in [0.2, 0.25) is 0 Å². The van der Waals surface area contributed by atoms with E-state index in [2.05, 4.69) is 39.6 Å². The first-order chi connectivity index (χ1) is 10.9. The van der Waals surface area contributed by atoms with Crippen LogP contribution in [0.25, 0.3) is 11.3 Å². The summed E-state index contributed by atoms with van der Waals surface area (Å²) in [7, 11) is 0. The van der Waals surface area contributed by atoms with Gasteiger partial charge in [-0.1, -0.05) is 30.0 Å². The third kappa shape index (κ3) is 2.48. The molecule has 5 nitrogen and oxygen atoms in total. The van der Waals surface area contributed by atoms with Crippen molar-refractivity contribution in [2.45, 2.75) is 10.9 Å². The van der Waals surface area contributed by atoms with Gasteiger partial charge < -0.3 is 0 Å². The fourth-order valence-corrected chi connectivity index (χ4v) is 3.11. The highest BCUT2D eigenvalue weighted by atomic mass is 32.2. The van der Waals surface area contributed by atoms with Crippen LogP contribution in [0.15, 0.2) is 72.3 Å². The van der Waals surface area contributed by atoms with E-state index in [9.17, 15) is 0 Å². The summed E-state index contributed by atoms with van der Waals surface area (Å²) in [5, 5.41) is 13.5. The molecule has 0 spiro atoms. The van der Waals surface area contributed by atoms with Crippen LogP contribution in [-0.2, 0) is 5.75 Å². The van der Waals surface area contributed by atoms with Crippen LogP contribution >= 0.6 is 11.8 Å². The molecule has 0 aliphatic rings. The van der Waals surface area contributed by atoms with Crippen LogP contribution in [0.4, 0.5) is 0 Å². The minimum absolute atomic E-state index is 0.856. The minimum atomic E-state index is 0.856. The molecule has 0 saturated carbocycles. The van der Waals surface area contributed by atoms with Crippen molar-refractivity contribution in [3.8, 4) is 5.69 Å².